The number of esters is 1. The van der Waals surface area contributed by atoms with Gasteiger partial charge in [0, 0.05) is 66.1 Å². The molecule has 0 aliphatic heterocycles. The molecule has 1 aliphatic rings. The first kappa shape index (κ1) is 23.4. The quantitative estimate of drug-likeness (QED) is 0.264. The van der Waals surface area contributed by atoms with Gasteiger partial charge in [0.2, 0.25) is 0 Å². The number of hydrogen-bond acceptors (Lipinski definition) is 4. The first-order chi connectivity index (χ1) is 17.0. The molecule has 0 fully saturated rings. The summed E-state index contributed by atoms with van der Waals surface area (Å²) in [6, 6.07) is 12.9. The Labute approximate surface area is 210 Å². The average molecular weight is 489 g/mol. The van der Waals surface area contributed by atoms with Gasteiger partial charge in [0.25, 0.3) is 0 Å². The van der Waals surface area contributed by atoms with Crippen LogP contribution in [0.1, 0.15) is 40.3 Å². The molecule has 0 spiro atoms. The summed E-state index contributed by atoms with van der Waals surface area (Å²) < 4.78 is 6.57. The largest absolute Gasteiger partial charge is 0.466 e. The first-order valence-corrected chi connectivity index (χ1v) is 12.2. The molecule has 0 radical (unpaired) electrons. The van der Waals surface area contributed by atoms with E-state index < -0.39 is 0 Å². The van der Waals surface area contributed by atoms with E-state index in [2.05, 4.69) is 51.6 Å². The maximum absolute atomic E-state index is 11.5. The summed E-state index contributed by atoms with van der Waals surface area (Å²) in [4.78, 5) is 17.4. The van der Waals surface area contributed by atoms with Gasteiger partial charge in [-0.2, -0.15) is 5.10 Å². The predicted molar refractivity (Wildman–Crippen MR) is 139 cm³/mol. The van der Waals surface area contributed by atoms with Gasteiger partial charge in [0.15, 0.2) is 0 Å². The highest BCUT2D eigenvalue weighted by atomic mass is 35.5. The van der Waals surface area contributed by atoms with Gasteiger partial charge >= 0.3 is 5.97 Å². The molecule has 1 aliphatic carbocycles. The van der Waals surface area contributed by atoms with Gasteiger partial charge < -0.3 is 9.72 Å². The topological polar surface area (TPSA) is 63.1 Å². The number of benzene rings is 2. The molecular formula is C28H29ClN4O2. The fourth-order valence-corrected chi connectivity index (χ4v) is 5.26. The third-order valence-electron chi connectivity index (χ3n) is 6.81. The van der Waals surface area contributed by atoms with Crippen molar-refractivity contribution in [3.63, 3.8) is 0 Å². The minimum absolute atomic E-state index is 0.337. The van der Waals surface area contributed by atoms with Crippen molar-refractivity contribution in [3.8, 4) is 0 Å². The second-order valence-electron chi connectivity index (χ2n) is 9.12. The van der Waals surface area contributed by atoms with Crippen molar-refractivity contribution in [1.82, 2.24) is 19.7 Å². The lowest BCUT2D eigenvalue weighted by Crippen LogP contribution is -2.29. The Morgan fingerprint density at radius 1 is 1.31 bits per heavy atom. The monoisotopic (exact) mass is 488 g/mol. The number of hydrogen-bond donors (Lipinski definition) is 1. The van der Waals surface area contributed by atoms with Crippen LogP contribution in [0.2, 0.25) is 5.02 Å². The van der Waals surface area contributed by atoms with Crippen molar-refractivity contribution in [2.24, 2.45) is 7.05 Å². The van der Waals surface area contributed by atoms with Crippen LogP contribution in [0.15, 0.2) is 61.1 Å². The average Bonchev–Trinajstić information content (AvgIpc) is 3.58. The molecule has 4 aromatic rings. The summed E-state index contributed by atoms with van der Waals surface area (Å²) in [5.41, 5.74) is 7.32. The summed E-state index contributed by atoms with van der Waals surface area (Å²) in [6.07, 6.45) is 12.5. The van der Waals surface area contributed by atoms with Gasteiger partial charge in [0.05, 0.1) is 13.3 Å². The fraction of sp³-hybridized carbons (Fsp3) is 0.286. The van der Waals surface area contributed by atoms with E-state index in [1.54, 1.807) is 0 Å². The third-order valence-corrected chi connectivity index (χ3v) is 7.04. The number of aromatic nitrogens is 3. The number of rotatable bonds is 8. The van der Waals surface area contributed by atoms with Crippen LogP contribution in [-0.4, -0.2) is 39.3 Å². The van der Waals surface area contributed by atoms with E-state index in [1.807, 2.05) is 36.1 Å². The number of nitrogens with zero attached hydrogens (tertiary/aromatic N) is 3. The summed E-state index contributed by atoms with van der Waals surface area (Å²) >= 11 is 6.17. The lowest BCUT2D eigenvalue weighted by atomic mass is 10.0. The third kappa shape index (κ3) is 5.19. The normalized spacial score (nSPS) is 15.4. The summed E-state index contributed by atoms with van der Waals surface area (Å²) in [6.45, 7) is 1.77. The summed E-state index contributed by atoms with van der Waals surface area (Å²) in [5.74, 6) is -0.342. The molecular weight excluding hydrogens is 460 g/mol. The molecule has 6 nitrogen and oxygen atoms in total. The lowest BCUT2D eigenvalue weighted by molar-refractivity contribution is -0.134. The van der Waals surface area contributed by atoms with Crippen molar-refractivity contribution >= 4 is 34.5 Å². The van der Waals surface area contributed by atoms with Crippen LogP contribution in [0.25, 0.3) is 17.0 Å². The number of methoxy groups -OCH3 is 1. The number of aryl methyl sites for hydroxylation is 2. The van der Waals surface area contributed by atoms with Crippen LogP contribution >= 0.6 is 11.6 Å². The molecule has 7 heteroatoms. The highest BCUT2D eigenvalue weighted by Crippen LogP contribution is 2.37. The standard InChI is InChI=1S/C28H29ClN4O2/c1-32-17-20(15-31-32)18-33(12-11-22-16-30-26-14-23(29)6-8-24(22)26)27-9-5-21-13-19(3-7-25(21)27)4-10-28(34)35-2/h3-4,6-8,10,13-17,27,30H,5,9,11-12,18H2,1-2H3/b10-4+. The van der Waals surface area contributed by atoms with Crippen LogP contribution < -0.4 is 0 Å². The SMILES string of the molecule is COC(=O)/C=C/c1ccc2c(c1)CCC2N(CCc1c[nH]c2cc(Cl)ccc12)Cc1cnn(C)c1. The molecule has 2 aromatic heterocycles. The van der Waals surface area contributed by atoms with Gasteiger partial charge in [-0.3, -0.25) is 9.58 Å². The van der Waals surface area contributed by atoms with Crippen LogP contribution in [0.4, 0.5) is 0 Å². The van der Waals surface area contributed by atoms with Crippen LogP contribution in [0, 0.1) is 0 Å². The number of carbonyl (C=O) groups is 1. The Morgan fingerprint density at radius 2 is 2.20 bits per heavy atom. The minimum atomic E-state index is -0.342. The number of aromatic amines is 1. The maximum Gasteiger partial charge on any atom is 0.330 e. The zero-order valence-electron chi connectivity index (χ0n) is 20.0. The number of H-pyrrole nitrogens is 1. The molecule has 0 bridgehead atoms. The zero-order chi connectivity index (χ0) is 24.4. The van der Waals surface area contributed by atoms with Crippen LogP contribution in [0.3, 0.4) is 0 Å². The number of halogens is 1. The summed E-state index contributed by atoms with van der Waals surface area (Å²) in [5, 5.41) is 6.35. The smallest absolute Gasteiger partial charge is 0.330 e. The molecule has 2 heterocycles. The van der Waals surface area contributed by atoms with E-state index in [-0.39, 0.29) is 5.97 Å². The lowest BCUT2D eigenvalue weighted by Gasteiger charge is -2.29. The molecule has 0 saturated heterocycles. The van der Waals surface area contributed by atoms with Crippen LogP contribution in [0.5, 0.6) is 0 Å². The van der Waals surface area contributed by atoms with Crippen molar-refractivity contribution in [3.05, 3.63) is 93.9 Å². The van der Waals surface area contributed by atoms with E-state index in [4.69, 9.17) is 16.3 Å². The van der Waals surface area contributed by atoms with Gasteiger partial charge in [-0.05, 0) is 59.7 Å². The number of ether oxygens (including phenoxy) is 1. The Bertz CT molecular complexity index is 1390. The molecule has 0 amide bonds. The zero-order valence-corrected chi connectivity index (χ0v) is 20.8. The van der Waals surface area contributed by atoms with Gasteiger partial charge in [-0.1, -0.05) is 35.9 Å². The van der Waals surface area contributed by atoms with E-state index in [0.717, 1.165) is 48.5 Å². The highest BCUT2D eigenvalue weighted by Gasteiger charge is 2.28. The molecule has 1 unspecified atom stereocenters. The second kappa shape index (κ2) is 10.1. The molecule has 35 heavy (non-hydrogen) atoms. The minimum Gasteiger partial charge on any atom is -0.466 e. The van der Waals surface area contributed by atoms with Crippen molar-refractivity contribution < 1.29 is 9.53 Å². The van der Waals surface area contributed by atoms with Gasteiger partial charge in [-0.15, -0.1) is 0 Å². The predicted octanol–water partition coefficient (Wildman–Crippen LogP) is 5.47. The van der Waals surface area contributed by atoms with E-state index in [1.165, 1.54) is 40.8 Å². The maximum atomic E-state index is 11.5. The van der Waals surface area contributed by atoms with Gasteiger partial charge in [0.1, 0.15) is 0 Å². The Morgan fingerprint density at radius 3 is 3.00 bits per heavy atom. The second-order valence-corrected chi connectivity index (χ2v) is 9.55. The van der Waals surface area contributed by atoms with E-state index >= 15 is 0 Å². The highest BCUT2D eigenvalue weighted by molar-refractivity contribution is 6.31. The van der Waals surface area contributed by atoms with Crippen molar-refractivity contribution in [2.75, 3.05) is 13.7 Å². The summed E-state index contributed by atoms with van der Waals surface area (Å²) in [7, 11) is 3.35. The van der Waals surface area contributed by atoms with Crippen molar-refractivity contribution in [1.29, 1.82) is 0 Å². The van der Waals surface area contributed by atoms with Crippen molar-refractivity contribution in [2.45, 2.75) is 31.8 Å². The fourth-order valence-electron chi connectivity index (χ4n) is 5.09. The molecule has 180 valence electrons. The Hall–Kier alpha value is -3.35. The number of nitrogens with one attached hydrogen (secondary N) is 1. The molecule has 2 aromatic carbocycles. The Balaban J connectivity index is 1.38. The van der Waals surface area contributed by atoms with E-state index in [9.17, 15) is 4.79 Å². The number of carbonyl (C=O) groups excluding carboxylic acids is 1. The van der Waals surface area contributed by atoms with Gasteiger partial charge in [-0.25, -0.2) is 4.79 Å². The Kier molecular flexibility index (Phi) is 6.75. The van der Waals surface area contributed by atoms with Crippen LogP contribution in [-0.2, 0) is 36.0 Å². The molecule has 5 rings (SSSR count). The molecule has 1 N–H and O–H groups in total. The molecule has 0 saturated carbocycles. The first-order valence-electron chi connectivity index (χ1n) is 11.9. The number of fused-ring (bicyclic) bond motifs is 2. The van der Waals surface area contributed by atoms with E-state index in [0.29, 0.717) is 6.04 Å². The molecule has 1 atom stereocenters.